The fourth-order valence-electron chi connectivity index (χ4n) is 1.44. The first kappa shape index (κ1) is 16.0. The van der Waals surface area contributed by atoms with E-state index in [0.717, 1.165) is 12.2 Å². The first-order valence-electron chi connectivity index (χ1n) is 6.57. The Morgan fingerprint density at radius 1 is 1.26 bits per heavy atom. The van der Waals surface area contributed by atoms with Crippen molar-refractivity contribution in [2.45, 2.75) is 27.7 Å². The highest BCUT2D eigenvalue weighted by atomic mass is 35.5. The minimum absolute atomic E-state index is 0.0399. The molecule has 2 N–H and O–H groups in total. The molecule has 1 amide bonds. The number of carbonyl (C=O) groups excluding carboxylic acids is 1. The summed E-state index contributed by atoms with van der Waals surface area (Å²) in [5.41, 5.74) is 0.944. The highest BCUT2D eigenvalue weighted by molar-refractivity contribution is 6.30. The van der Waals surface area contributed by atoms with Gasteiger partial charge in [-0.05, 0) is 35.6 Å². The Morgan fingerprint density at radius 3 is 2.37 bits per heavy atom. The first-order chi connectivity index (χ1) is 8.81. The molecule has 19 heavy (non-hydrogen) atoms. The van der Waals surface area contributed by atoms with Gasteiger partial charge in [0.2, 0.25) is 5.91 Å². The molecule has 0 radical (unpaired) electrons. The summed E-state index contributed by atoms with van der Waals surface area (Å²) in [6.07, 6.45) is 0. The fourth-order valence-corrected chi connectivity index (χ4v) is 1.57. The molecular weight excluding hydrogens is 260 g/mol. The monoisotopic (exact) mass is 282 g/mol. The van der Waals surface area contributed by atoms with Crippen LogP contribution in [0.1, 0.15) is 27.7 Å². The van der Waals surface area contributed by atoms with Gasteiger partial charge in [0.25, 0.3) is 0 Å². The van der Waals surface area contributed by atoms with E-state index in [1.807, 2.05) is 0 Å². The molecule has 0 unspecified atom stereocenters. The number of hydrogen-bond donors (Lipinski definition) is 2. The van der Waals surface area contributed by atoms with Crippen LogP contribution in [0.4, 0.5) is 5.69 Å². The molecule has 1 aromatic carbocycles. The van der Waals surface area contributed by atoms with Crippen LogP contribution in [-0.4, -0.2) is 19.0 Å². The Balaban J connectivity index is 2.34. The van der Waals surface area contributed by atoms with Crippen molar-refractivity contribution < 1.29 is 4.79 Å². The second-order valence-electron chi connectivity index (χ2n) is 5.80. The van der Waals surface area contributed by atoms with Gasteiger partial charge >= 0.3 is 0 Å². The maximum Gasteiger partial charge on any atom is 0.238 e. The van der Waals surface area contributed by atoms with Crippen LogP contribution in [0.5, 0.6) is 0 Å². The van der Waals surface area contributed by atoms with E-state index in [4.69, 9.17) is 11.6 Å². The third-order valence-electron chi connectivity index (χ3n) is 3.56. The van der Waals surface area contributed by atoms with E-state index in [1.54, 1.807) is 24.3 Å². The predicted molar refractivity (Wildman–Crippen MR) is 81.6 cm³/mol. The third kappa shape index (κ3) is 5.62. The van der Waals surface area contributed by atoms with Gasteiger partial charge in [0.1, 0.15) is 0 Å². The zero-order valence-electron chi connectivity index (χ0n) is 12.1. The third-order valence-corrected chi connectivity index (χ3v) is 3.81. The van der Waals surface area contributed by atoms with Crippen LogP contribution in [0, 0.1) is 11.3 Å². The summed E-state index contributed by atoms with van der Waals surface area (Å²) < 4.78 is 0. The van der Waals surface area contributed by atoms with Gasteiger partial charge in [0.15, 0.2) is 0 Å². The molecule has 0 aliphatic heterocycles. The average Bonchev–Trinajstić information content (AvgIpc) is 2.31. The number of nitrogens with one attached hydrogen (secondary N) is 2. The standard InChI is InChI=1S/C15H23ClN2O/c1-11(2)15(3,4)10-17-9-14(19)18-13-7-5-12(16)6-8-13/h5-8,11,17H,9-10H2,1-4H3,(H,18,19). The van der Waals surface area contributed by atoms with Gasteiger partial charge in [0, 0.05) is 17.3 Å². The number of anilines is 1. The maximum atomic E-state index is 11.7. The molecule has 0 saturated heterocycles. The molecule has 0 saturated carbocycles. The summed E-state index contributed by atoms with van der Waals surface area (Å²) >= 11 is 5.79. The largest absolute Gasteiger partial charge is 0.325 e. The van der Waals surface area contributed by atoms with Crippen LogP contribution >= 0.6 is 11.6 Å². The van der Waals surface area contributed by atoms with E-state index in [-0.39, 0.29) is 11.3 Å². The van der Waals surface area contributed by atoms with Gasteiger partial charge < -0.3 is 10.6 Å². The normalized spacial score (nSPS) is 11.7. The van der Waals surface area contributed by atoms with E-state index in [2.05, 4.69) is 38.3 Å². The smallest absolute Gasteiger partial charge is 0.238 e. The molecule has 0 fully saturated rings. The molecule has 0 atom stereocenters. The molecule has 106 valence electrons. The zero-order chi connectivity index (χ0) is 14.5. The van der Waals surface area contributed by atoms with Crippen molar-refractivity contribution in [1.82, 2.24) is 5.32 Å². The first-order valence-corrected chi connectivity index (χ1v) is 6.95. The second-order valence-corrected chi connectivity index (χ2v) is 6.24. The molecule has 4 heteroatoms. The van der Waals surface area contributed by atoms with Crippen LogP contribution in [0.2, 0.25) is 5.02 Å². The predicted octanol–water partition coefficient (Wildman–Crippen LogP) is 3.55. The van der Waals surface area contributed by atoms with Crippen LogP contribution in [-0.2, 0) is 4.79 Å². The van der Waals surface area contributed by atoms with E-state index in [9.17, 15) is 4.79 Å². The lowest BCUT2D eigenvalue weighted by molar-refractivity contribution is -0.115. The van der Waals surface area contributed by atoms with Crippen LogP contribution < -0.4 is 10.6 Å². The number of benzene rings is 1. The molecule has 0 aliphatic carbocycles. The van der Waals surface area contributed by atoms with Crippen molar-refractivity contribution in [2.75, 3.05) is 18.4 Å². The Kier molecular flexibility index (Phi) is 5.83. The Morgan fingerprint density at radius 2 is 1.84 bits per heavy atom. The van der Waals surface area contributed by atoms with E-state index < -0.39 is 0 Å². The van der Waals surface area contributed by atoms with Gasteiger partial charge in [0.05, 0.1) is 6.54 Å². The summed E-state index contributed by atoms with van der Waals surface area (Å²) in [4.78, 5) is 11.7. The topological polar surface area (TPSA) is 41.1 Å². The van der Waals surface area contributed by atoms with Crippen molar-refractivity contribution in [1.29, 1.82) is 0 Å². The van der Waals surface area contributed by atoms with Crippen LogP contribution in [0.25, 0.3) is 0 Å². The quantitative estimate of drug-likeness (QED) is 0.838. The van der Waals surface area contributed by atoms with Gasteiger partial charge in [-0.15, -0.1) is 0 Å². The Labute approximate surface area is 120 Å². The molecule has 0 heterocycles. The van der Waals surface area contributed by atoms with Gasteiger partial charge in [-0.25, -0.2) is 0 Å². The lowest BCUT2D eigenvalue weighted by Crippen LogP contribution is -2.37. The summed E-state index contributed by atoms with van der Waals surface area (Å²) in [6.45, 7) is 9.91. The van der Waals surface area contributed by atoms with E-state index in [0.29, 0.717) is 17.5 Å². The molecular formula is C15H23ClN2O. The van der Waals surface area contributed by atoms with Gasteiger partial charge in [-0.1, -0.05) is 39.3 Å². The fraction of sp³-hybridized carbons (Fsp3) is 0.533. The zero-order valence-corrected chi connectivity index (χ0v) is 12.8. The Bertz CT molecular complexity index is 413. The maximum absolute atomic E-state index is 11.7. The molecule has 1 rings (SSSR count). The highest BCUT2D eigenvalue weighted by Crippen LogP contribution is 2.24. The lowest BCUT2D eigenvalue weighted by Gasteiger charge is -2.29. The molecule has 0 aromatic heterocycles. The SMILES string of the molecule is CC(C)C(C)(C)CNCC(=O)Nc1ccc(Cl)cc1. The van der Waals surface area contributed by atoms with Gasteiger partial charge in [-0.3, -0.25) is 4.79 Å². The van der Waals surface area contributed by atoms with Crippen molar-refractivity contribution in [3.05, 3.63) is 29.3 Å². The summed E-state index contributed by atoms with van der Waals surface area (Å²) in [5.74, 6) is 0.529. The van der Waals surface area contributed by atoms with E-state index >= 15 is 0 Å². The van der Waals surface area contributed by atoms with Crippen molar-refractivity contribution in [3.8, 4) is 0 Å². The van der Waals surface area contributed by atoms with Crippen molar-refractivity contribution >= 4 is 23.2 Å². The molecule has 0 bridgehead atoms. The highest BCUT2D eigenvalue weighted by Gasteiger charge is 2.21. The summed E-state index contributed by atoms with van der Waals surface area (Å²) in [6, 6.07) is 7.09. The van der Waals surface area contributed by atoms with Crippen LogP contribution in [0.3, 0.4) is 0 Å². The minimum atomic E-state index is -0.0399. The molecule has 0 aliphatic rings. The second kappa shape index (κ2) is 6.92. The Hall–Kier alpha value is -1.06. The lowest BCUT2D eigenvalue weighted by atomic mass is 9.81. The average molecular weight is 283 g/mol. The number of carbonyl (C=O) groups is 1. The van der Waals surface area contributed by atoms with Crippen molar-refractivity contribution in [2.24, 2.45) is 11.3 Å². The molecule has 3 nitrogen and oxygen atoms in total. The van der Waals surface area contributed by atoms with E-state index in [1.165, 1.54) is 0 Å². The molecule has 0 spiro atoms. The number of halogens is 1. The van der Waals surface area contributed by atoms with Crippen LogP contribution in [0.15, 0.2) is 24.3 Å². The van der Waals surface area contributed by atoms with Crippen molar-refractivity contribution in [3.63, 3.8) is 0 Å². The minimum Gasteiger partial charge on any atom is -0.325 e. The number of amides is 1. The number of hydrogen-bond acceptors (Lipinski definition) is 2. The van der Waals surface area contributed by atoms with Gasteiger partial charge in [-0.2, -0.15) is 0 Å². The summed E-state index contributed by atoms with van der Waals surface area (Å²) in [5, 5.41) is 6.69. The number of rotatable bonds is 6. The molecule has 1 aromatic rings. The summed E-state index contributed by atoms with van der Waals surface area (Å²) in [7, 11) is 0.